The number of fused-ring (bicyclic) bond motifs is 1. The van der Waals surface area contributed by atoms with Crippen molar-refractivity contribution >= 4 is 22.4 Å². The average molecular weight is 291 g/mol. The highest BCUT2D eigenvalue weighted by atomic mass is 35.5. The molecule has 1 aliphatic rings. The fourth-order valence-corrected chi connectivity index (χ4v) is 2.99. The number of hydrogen-bond donors (Lipinski definition) is 0. The van der Waals surface area contributed by atoms with Crippen LogP contribution in [0.1, 0.15) is 18.4 Å². The minimum absolute atomic E-state index is 0.477. The molecule has 0 amide bonds. The van der Waals surface area contributed by atoms with Gasteiger partial charge in [0.1, 0.15) is 5.75 Å². The van der Waals surface area contributed by atoms with Crippen molar-refractivity contribution in [3.63, 3.8) is 0 Å². The second kappa shape index (κ2) is 6.47. The van der Waals surface area contributed by atoms with Crippen molar-refractivity contribution in [3.05, 3.63) is 42.0 Å². The number of hydrogen-bond acceptors (Lipinski definition) is 2. The van der Waals surface area contributed by atoms with Crippen molar-refractivity contribution in [3.8, 4) is 5.75 Å². The van der Waals surface area contributed by atoms with Gasteiger partial charge in [0.15, 0.2) is 0 Å². The molecule has 2 aromatic rings. The van der Waals surface area contributed by atoms with Crippen LogP contribution in [0.25, 0.3) is 10.8 Å². The Morgan fingerprint density at radius 3 is 2.70 bits per heavy atom. The minimum Gasteiger partial charge on any atom is -0.493 e. The zero-order chi connectivity index (χ0) is 13.8. The quantitative estimate of drug-likeness (QED) is 0.778. The summed E-state index contributed by atoms with van der Waals surface area (Å²) in [6, 6.07) is 12.4. The summed E-state index contributed by atoms with van der Waals surface area (Å²) in [5.41, 5.74) is 1.09. The van der Waals surface area contributed by atoms with Crippen LogP contribution >= 0.6 is 11.6 Å². The molecule has 0 bridgehead atoms. The van der Waals surface area contributed by atoms with Crippen molar-refractivity contribution in [2.45, 2.75) is 18.7 Å². The first-order valence-corrected chi connectivity index (χ1v) is 7.69. The maximum atomic E-state index is 6.13. The van der Waals surface area contributed by atoms with E-state index in [-0.39, 0.29) is 0 Å². The van der Waals surface area contributed by atoms with Crippen molar-refractivity contribution < 1.29 is 9.47 Å². The standard InChI is InChI=1S/C17H19ClO2/c18-11-16-15-4-2-1-3-14(15)5-6-17(16)20-12-13-7-9-19-10-8-13/h1-6,13H,7-12H2. The van der Waals surface area contributed by atoms with E-state index in [2.05, 4.69) is 18.2 Å². The van der Waals surface area contributed by atoms with E-state index in [0.29, 0.717) is 11.8 Å². The number of rotatable bonds is 4. The lowest BCUT2D eigenvalue weighted by atomic mass is 10.0. The van der Waals surface area contributed by atoms with Gasteiger partial charge in [-0.15, -0.1) is 11.6 Å². The fraction of sp³-hybridized carbons (Fsp3) is 0.412. The molecule has 1 fully saturated rings. The lowest BCUT2D eigenvalue weighted by Gasteiger charge is -2.23. The Morgan fingerprint density at radius 2 is 1.90 bits per heavy atom. The molecule has 0 spiro atoms. The van der Waals surface area contributed by atoms with E-state index < -0.39 is 0 Å². The molecule has 1 aliphatic heterocycles. The second-order valence-corrected chi connectivity index (χ2v) is 5.53. The summed E-state index contributed by atoms with van der Waals surface area (Å²) in [6.45, 7) is 2.47. The first kappa shape index (κ1) is 13.7. The highest BCUT2D eigenvalue weighted by Crippen LogP contribution is 2.30. The minimum atomic E-state index is 0.477. The van der Waals surface area contributed by atoms with Gasteiger partial charge in [0.25, 0.3) is 0 Å². The first-order valence-electron chi connectivity index (χ1n) is 7.15. The molecule has 0 aliphatic carbocycles. The van der Waals surface area contributed by atoms with Crippen LogP contribution in [0.5, 0.6) is 5.75 Å². The number of ether oxygens (including phenoxy) is 2. The molecule has 0 saturated carbocycles. The highest BCUT2D eigenvalue weighted by Gasteiger charge is 2.15. The molecule has 20 heavy (non-hydrogen) atoms. The van der Waals surface area contributed by atoms with E-state index in [4.69, 9.17) is 21.1 Å². The molecule has 0 unspecified atom stereocenters. The second-order valence-electron chi connectivity index (χ2n) is 5.26. The third kappa shape index (κ3) is 2.92. The van der Waals surface area contributed by atoms with Crippen molar-refractivity contribution in [1.29, 1.82) is 0 Å². The van der Waals surface area contributed by atoms with E-state index in [0.717, 1.165) is 44.0 Å². The van der Waals surface area contributed by atoms with Gasteiger partial charge in [-0.05, 0) is 35.6 Å². The van der Waals surface area contributed by atoms with Crippen LogP contribution in [0.4, 0.5) is 0 Å². The van der Waals surface area contributed by atoms with Crippen LogP contribution < -0.4 is 4.74 Å². The maximum Gasteiger partial charge on any atom is 0.124 e. The van der Waals surface area contributed by atoms with E-state index in [1.807, 2.05) is 18.2 Å². The molecule has 0 aromatic heterocycles. The zero-order valence-corrected chi connectivity index (χ0v) is 12.2. The molecule has 0 atom stereocenters. The van der Waals surface area contributed by atoms with Crippen LogP contribution in [-0.2, 0) is 10.6 Å². The Labute approximate surface area is 124 Å². The van der Waals surface area contributed by atoms with Crippen molar-refractivity contribution in [2.75, 3.05) is 19.8 Å². The Bertz CT molecular complexity index is 576. The molecular formula is C17H19ClO2. The lowest BCUT2D eigenvalue weighted by molar-refractivity contribution is 0.0497. The third-order valence-electron chi connectivity index (χ3n) is 3.95. The van der Waals surface area contributed by atoms with Crippen LogP contribution in [0, 0.1) is 5.92 Å². The first-order chi connectivity index (χ1) is 9.88. The number of benzene rings is 2. The van der Waals surface area contributed by atoms with Crippen LogP contribution in [0.2, 0.25) is 0 Å². The van der Waals surface area contributed by atoms with Crippen LogP contribution in [0.3, 0.4) is 0 Å². The van der Waals surface area contributed by atoms with Gasteiger partial charge < -0.3 is 9.47 Å². The van der Waals surface area contributed by atoms with E-state index in [9.17, 15) is 0 Å². The van der Waals surface area contributed by atoms with E-state index in [1.54, 1.807) is 0 Å². The Balaban J connectivity index is 1.80. The van der Waals surface area contributed by atoms with Crippen molar-refractivity contribution in [1.82, 2.24) is 0 Å². The molecular weight excluding hydrogens is 272 g/mol. The highest BCUT2D eigenvalue weighted by molar-refractivity contribution is 6.18. The van der Waals surface area contributed by atoms with Crippen molar-refractivity contribution in [2.24, 2.45) is 5.92 Å². The zero-order valence-electron chi connectivity index (χ0n) is 11.5. The molecule has 2 nitrogen and oxygen atoms in total. The summed E-state index contributed by atoms with van der Waals surface area (Å²) in [6.07, 6.45) is 2.17. The monoisotopic (exact) mass is 290 g/mol. The Morgan fingerprint density at radius 1 is 1.10 bits per heavy atom. The Kier molecular flexibility index (Phi) is 4.44. The largest absolute Gasteiger partial charge is 0.493 e. The summed E-state index contributed by atoms with van der Waals surface area (Å²) in [5.74, 6) is 1.99. The van der Waals surface area contributed by atoms with Gasteiger partial charge in [-0.2, -0.15) is 0 Å². The van der Waals surface area contributed by atoms with Gasteiger partial charge in [-0.25, -0.2) is 0 Å². The third-order valence-corrected chi connectivity index (χ3v) is 4.21. The van der Waals surface area contributed by atoms with E-state index >= 15 is 0 Å². The molecule has 1 saturated heterocycles. The molecule has 3 heteroatoms. The molecule has 3 rings (SSSR count). The van der Waals surface area contributed by atoms with Gasteiger partial charge in [0.05, 0.1) is 12.5 Å². The topological polar surface area (TPSA) is 18.5 Å². The summed E-state index contributed by atoms with van der Waals surface area (Å²) >= 11 is 6.13. The Hall–Kier alpha value is -1.25. The molecule has 106 valence electrons. The van der Waals surface area contributed by atoms with Gasteiger partial charge in [0.2, 0.25) is 0 Å². The summed E-state index contributed by atoms with van der Waals surface area (Å²) in [4.78, 5) is 0. The predicted octanol–water partition coefficient (Wildman–Crippen LogP) is 4.38. The average Bonchev–Trinajstić information content (AvgIpc) is 2.53. The maximum absolute atomic E-state index is 6.13. The summed E-state index contributed by atoms with van der Waals surface area (Å²) in [7, 11) is 0. The number of alkyl halides is 1. The molecule has 2 aromatic carbocycles. The van der Waals surface area contributed by atoms with Gasteiger partial charge in [-0.3, -0.25) is 0 Å². The predicted molar refractivity (Wildman–Crippen MR) is 82.5 cm³/mol. The molecule has 0 radical (unpaired) electrons. The van der Waals surface area contributed by atoms with Gasteiger partial charge >= 0.3 is 0 Å². The SMILES string of the molecule is ClCc1c(OCC2CCOCC2)ccc2ccccc12. The fourth-order valence-electron chi connectivity index (χ4n) is 2.71. The summed E-state index contributed by atoms with van der Waals surface area (Å²) < 4.78 is 11.4. The van der Waals surface area contributed by atoms with E-state index in [1.165, 1.54) is 10.8 Å². The molecule has 0 N–H and O–H groups in total. The lowest BCUT2D eigenvalue weighted by Crippen LogP contribution is -2.21. The summed E-state index contributed by atoms with van der Waals surface area (Å²) in [5, 5.41) is 2.40. The van der Waals surface area contributed by atoms with Gasteiger partial charge in [0, 0.05) is 18.8 Å². The number of halogens is 1. The van der Waals surface area contributed by atoms with Crippen LogP contribution in [0.15, 0.2) is 36.4 Å². The smallest absolute Gasteiger partial charge is 0.124 e. The normalized spacial score (nSPS) is 16.4. The molecule has 1 heterocycles. The van der Waals surface area contributed by atoms with Gasteiger partial charge in [-0.1, -0.05) is 30.3 Å². The van der Waals surface area contributed by atoms with Crippen LogP contribution in [-0.4, -0.2) is 19.8 Å².